The first-order chi connectivity index (χ1) is 17.9. The van der Waals surface area contributed by atoms with Crippen LogP contribution in [0.4, 0.5) is 5.69 Å². The Labute approximate surface area is 223 Å². The second-order valence-corrected chi connectivity index (χ2v) is 10.2. The first-order valence-corrected chi connectivity index (χ1v) is 13.1. The fraction of sp³-hybridized carbons (Fsp3) is 0.219. The Kier molecular flexibility index (Phi) is 7.59. The van der Waals surface area contributed by atoms with E-state index in [0.717, 1.165) is 65.2 Å². The highest BCUT2D eigenvalue weighted by molar-refractivity contribution is 6.30. The van der Waals surface area contributed by atoms with Crippen LogP contribution in [-0.2, 0) is 0 Å². The van der Waals surface area contributed by atoms with Crippen LogP contribution < -0.4 is 10.1 Å². The number of carbonyl (C=O) groups is 1. The molecular formula is C32H31ClN2O2. The smallest absolute Gasteiger partial charge is 0.255 e. The van der Waals surface area contributed by atoms with Gasteiger partial charge < -0.3 is 15.0 Å². The van der Waals surface area contributed by atoms with Gasteiger partial charge in [0.05, 0.1) is 0 Å². The fourth-order valence-corrected chi connectivity index (χ4v) is 4.89. The number of halogens is 1. The molecule has 0 radical (unpaired) electrons. The lowest BCUT2D eigenvalue weighted by molar-refractivity contribution is 0.102. The second kappa shape index (κ2) is 11.2. The van der Waals surface area contributed by atoms with Crippen LogP contribution in [0.3, 0.4) is 0 Å². The summed E-state index contributed by atoms with van der Waals surface area (Å²) in [4.78, 5) is 15.3. The zero-order valence-corrected chi connectivity index (χ0v) is 22.0. The average molecular weight is 511 g/mol. The molecule has 1 heterocycles. The summed E-state index contributed by atoms with van der Waals surface area (Å²) in [7, 11) is 2.16. The largest absolute Gasteiger partial charge is 0.490 e. The number of anilines is 1. The minimum absolute atomic E-state index is 0.147. The molecule has 0 spiro atoms. The van der Waals surface area contributed by atoms with Gasteiger partial charge in [0.1, 0.15) is 11.9 Å². The van der Waals surface area contributed by atoms with Crippen molar-refractivity contribution >= 4 is 23.2 Å². The first-order valence-electron chi connectivity index (χ1n) is 12.7. The van der Waals surface area contributed by atoms with Gasteiger partial charge in [0.15, 0.2) is 0 Å². The van der Waals surface area contributed by atoms with Crippen molar-refractivity contribution < 1.29 is 9.53 Å². The van der Waals surface area contributed by atoms with E-state index in [0.29, 0.717) is 16.7 Å². The Morgan fingerprint density at radius 3 is 2.22 bits per heavy atom. The summed E-state index contributed by atoms with van der Waals surface area (Å²) in [5, 5.41) is 3.69. The summed E-state index contributed by atoms with van der Waals surface area (Å²) in [5.41, 5.74) is 6.62. The predicted octanol–water partition coefficient (Wildman–Crippen LogP) is 7.71. The van der Waals surface area contributed by atoms with Crippen molar-refractivity contribution in [3.05, 3.63) is 107 Å². The number of hydrogen-bond donors (Lipinski definition) is 1. The summed E-state index contributed by atoms with van der Waals surface area (Å²) in [6, 6.07) is 29.6. The molecule has 4 aromatic carbocycles. The monoisotopic (exact) mass is 510 g/mol. The normalized spacial score (nSPS) is 14.4. The summed E-state index contributed by atoms with van der Waals surface area (Å²) < 4.78 is 6.17. The van der Waals surface area contributed by atoms with Gasteiger partial charge in [-0.25, -0.2) is 0 Å². The lowest BCUT2D eigenvalue weighted by Crippen LogP contribution is -2.35. The molecule has 0 bridgehead atoms. The van der Waals surface area contributed by atoms with Crippen molar-refractivity contribution in [2.24, 2.45) is 0 Å². The van der Waals surface area contributed by atoms with Crippen LogP contribution >= 0.6 is 11.6 Å². The standard InChI is InChI=1S/C32H31ClN2O2/c1-22-6-7-26(21-31(22)25-4-3-5-27(33)20-25)32(36)34-28-12-8-23(9-13-28)24-10-14-29(15-11-24)37-30-16-18-35(2)19-17-30/h3-15,20-21,30H,16-19H2,1-2H3,(H,34,36). The Morgan fingerprint density at radius 1 is 0.865 bits per heavy atom. The van der Waals surface area contributed by atoms with Gasteiger partial charge in [0.2, 0.25) is 0 Å². The van der Waals surface area contributed by atoms with E-state index >= 15 is 0 Å². The maximum Gasteiger partial charge on any atom is 0.255 e. The van der Waals surface area contributed by atoms with Crippen LogP contribution in [-0.4, -0.2) is 37.0 Å². The van der Waals surface area contributed by atoms with Gasteiger partial charge in [0.25, 0.3) is 5.91 Å². The summed E-state index contributed by atoms with van der Waals surface area (Å²) >= 11 is 6.18. The number of nitrogens with zero attached hydrogens (tertiary/aromatic N) is 1. The number of ether oxygens (including phenoxy) is 1. The number of carbonyl (C=O) groups excluding carboxylic acids is 1. The van der Waals surface area contributed by atoms with Gasteiger partial charge in [0, 0.05) is 29.4 Å². The Morgan fingerprint density at radius 2 is 1.54 bits per heavy atom. The van der Waals surface area contributed by atoms with Crippen LogP contribution in [0.15, 0.2) is 91.0 Å². The zero-order valence-electron chi connectivity index (χ0n) is 21.2. The predicted molar refractivity (Wildman–Crippen MR) is 153 cm³/mol. The number of aryl methyl sites for hydroxylation is 1. The van der Waals surface area contributed by atoms with Crippen molar-refractivity contribution in [1.82, 2.24) is 4.90 Å². The molecule has 1 aliphatic heterocycles. The molecule has 5 heteroatoms. The zero-order chi connectivity index (χ0) is 25.8. The third-order valence-corrected chi connectivity index (χ3v) is 7.17. The molecule has 1 saturated heterocycles. The highest BCUT2D eigenvalue weighted by Crippen LogP contribution is 2.28. The molecule has 1 fully saturated rings. The number of amides is 1. The molecule has 0 aliphatic carbocycles. The molecule has 0 unspecified atom stereocenters. The van der Waals surface area contributed by atoms with Crippen LogP contribution in [0.25, 0.3) is 22.3 Å². The summed E-state index contributed by atoms with van der Waals surface area (Å²) in [6.45, 7) is 4.20. The number of likely N-dealkylation sites (tertiary alicyclic amines) is 1. The number of rotatable bonds is 6. The van der Waals surface area contributed by atoms with Crippen molar-refractivity contribution in [2.75, 3.05) is 25.5 Å². The molecule has 188 valence electrons. The Bertz CT molecular complexity index is 1380. The van der Waals surface area contributed by atoms with E-state index in [1.54, 1.807) is 0 Å². The maximum atomic E-state index is 13.0. The van der Waals surface area contributed by atoms with Gasteiger partial charge >= 0.3 is 0 Å². The number of nitrogens with one attached hydrogen (secondary N) is 1. The molecule has 0 saturated carbocycles. The van der Waals surface area contributed by atoms with Crippen LogP contribution in [0.1, 0.15) is 28.8 Å². The van der Waals surface area contributed by atoms with Crippen molar-refractivity contribution in [2.45, 2.75) is 25.9 Å². The summed E-state index contributed by atoms with van der Waals surface area (Å²) in [5.74, 6) is 0.767. The Hall–Kier alpha value is -3.60. The molecular weight excluding hydrogens is 480 g/mol. The third kappa shape index (κ3) is 6.22. The maximum absolute atomic E-state index is 13.0. The number of piperidine rings is 1. The molecule has 37 heavy (non-hydrogen) atoms. The minimum atomic E-state index is -0.147. The summed E-state index contributed by atoms with van der Waals surface area (Å²) in [6.07, 6.45) is 2.42. The van der Waals surface area contributed by atoms with Gasteiger partial charge in [-0.2, -0.15) is 0 Å². The third-order valence-electron chi connectivity index (χ3n) is 6.93. The van der Waals surface area contributed by atoms with Crippen molar-refractivity contribution in [1.29, 1.82) is 0 Å². The highest BCUT2D eigenvalue weighted by Gasteiger charge is 2.18. The highest BCUT2D eigenvalue weighted by atomic mass is 35.5. The topological polar surface area (TPSA) is 41.6 Å². The Balaban J connectivity index is 1.23. The molecule has 0 aromatic heterocycles. The first kappa shape index (κ1) is 25.1. The van der Waals surface area contributed by atoms with Crippen molar-refractivity contribution in [3.8, 4) is 28.0 Å². The number of hydrogen-bond acceptors (Lipinski definition) is 3. The van der Waals surface area contributed by atoms with E-state index in [1.807, 2.05) is 85.8 Å². The van der Waals surface area contributed by atoms with Gasteiger partial charge in [-0.05, 0) is 103 Å². The fourth-order valence-electron chi connectivity index (χ4n) is 4.70. The quantitative estimate of drug-likeness (QED) is 0.289. The SMILES string of the molecule is Cc1ccc(C(=O)Nc2ccc(-c3ccc(OC4CCN(C)CC4)cc3)cc2)cc1-c1cccc(Cl)c1. The lowest BCUT2D eigenvalue weighted by atomic mass is 9.98. The van der Waals surface area contributed by atoms with E-state index in [-0.39, 0.29) is 5.91 Å². The molecule has 4 nitrogen and oxygen atoms in total. The van der Waals surface area contributed by atoms with E-state index in [2.05, 4.69) is 29.4 Å². The lowest BCUT2D eigenvalue weighted by Gasteiger charge is -2.29. The minimum Gasteiger partial charge on any atom is -0.490 e. The van der Waals surface area contributed by atoms with E-state index in [1.165, 1.54) is 0 Å². The van der Waals surface area contributed by atoms with Crippen LogP contribution in [0.2, 0.25) is 5.02 Å². The van der Waals surface area contributed by atoms with E-state index in [4.69, 9.17) is 16.3 Å². The molecule has 4 aromatic rings. The van der Waals surface area contributed by atoms with Crippen molar-refractivity contribution in [3.63, 3.8) is 0 Å². The second-order valence-electron chi connectivity index (χ2n) is 9.72. The van der Waals surface area contributed by atoms with Gasteiger partial charge in [-0.1, -0.05) is 54.1 Å². The number of benzene rings is 4. The van der Waals surface area contributed by atoms with Gasteiger partial charge in [-0.3, -0.25) is 4.79 Å². The molecule has 0 atom stereocenters. The van der Waals surface area contributed by atoms with E-state index in [9.17, 15) is 4.79 Å². The van der Waals surface area contributed by atoms with Crippen LogP contribution in [0.5, 0.6) is 5.75 Å². The van der Waals surface area contributed by atoms with Gasteiger partial charge in [-0.15, -0.1) is 0 Å². The van der Waals surface area contributed by atoms with Crippen LogP contribution in [0, 0.1) is 6.92 Å². The molecule has 5 rings (SSSR count). The molecule has 1 aliphatic rings. The molecule has 1 amide bonds. The molecule has 1 N–H and O–H groups in total. The average Bonchev–Trinajstić information content (AvgIpc) is 2.91. The van der Waals surface area contributed by atoms with E-state index < -0.39 is 0 Å².